The highest BCUT2D eigenvalue weighted by Crippen LogP contribution is 2.50. The van der Waals surface area contributed by atoms with E-state index < -0.39 is 6.97 Å². The van der Waals surface area contributed by atoms with Gasteiger partial charge in [-0.2, -0.15) is 0 Å². The Labute approximate surface area is 227 Å². The van der Waals surface area contributed by atoms with Crippen molar-refractivity contribution in [2.75, 3.05) is 14.2 Å². The van der Waals surface area contributed by atoms with Gasteiger partial charge >= 0.3 is 6.97 Å². The van der Waals surface area contributed by atoms with Gasteiger partial charge in [0.15, 0.2) is 15.7 Å². The SMILES string of the molecule is COc1ccc(C2=[N+]3C(=C(Sc4nccs4)c4c(C)cc(-c5ccc(OC)cc5)n4[B-]3(F)F)C(C)=C2)cc1. The van der Waals surface area contributed by atoms with Crippen molar-refractivity contribution in [1.82, 2.24) is 9.46 Å². The number of aromatic nitrogens is 2. The molecule has 0 amide bonds. The summed E-state index contributed by atoms with van der Waals surface area (Å²) in [6.45, 7) is -0.463. The van der Waals surface area contributed by atoms with Crippen LogP contribution in [0.3, 0.4) is 0 Å². The Hall–Kier alpha value is -3.63. The quantitative estimate of drug-likeness (QED) is 0.242. The van der Waals surface area contributed by atoms with E-state index in [0.717, 1.165) is 20.4 Å². The van der Waals surface area contributed by atoms with Crippen LogP contribution in [0.5, 0.6) is 11.5 Å². The molecule has 0 bridgehead atoms. The maximum atomic E-state index is 17.0. The zero-order valence-electron chi connectivity index (χ0n) is 21.2. The molecule has 0 aliphatic carbocycles. The first-order valence-corrected chi connectivity index (χ1v) is 13.7. The van der Waals surface area contributed by atoms with Crippen LogP contribution in [0, 0.1) is 6.92 Å². The van der Waals surface area contributed by atoms with Gasteiger partial charge in [-0.15, -0.1) is 11.3 Å². The van der Waals surface area contributed by atoms with Gasteiger partial charge in [-0.3, -0.25) is 0 Å². The Kier molecular flexibility index (Phi) is 6.04. The van der Waals surface area contributed by atoms with Crippen LogP contribution in [0.2, 0.25) is 0 Å². The molecule has 0 spiro atoms. The number of aryl methyl sites for hydroxylation is 1. The number of methoxy groups -OCH3 is 2. The highest BCUT2D eigenvalue weighted by Gasteiger charge is 2.56. The van der Waals surface area contributed by atoms with Crippen LogP contribution in [0.4, 0.5) is 8.63 Å². The number of fused-ring (bicyclic) bond motifs is 2. The lowest BCUT2D eigenvalue weighted by atomic mass is 9.88. The Bertz CT molecular complexity index is 1640. The minimum Gasteiger partial charge on any atom is -0.497 e. The topological polar surface area (TPSA) is 39.3 Å². The van der Waals surface area contributed by atoms with Gasteiger partial charge in [-0.1, -0.05) is 11.8 Å². The predicted octanol–water partition coefficient (Wildman–Crippen LogP) is 7.10. The summed E-state index contributed by atoms with van der Waals surface area (Å²) in [5, 5.41) is 1.90. The third-order valence-electron chi connectivity index (χ3n) is 6.88. The largest absolute Gasteiger partial charge is 0.737 e. The van der Waals surface area contributed by atoms with E-state index in [1.807, 2.05) is 55.6 Å². The number of nitrogens with zero attached hydrogens (tertiary/aromatic N) is 3. The standard InChI is InChI=1S/C28H24BF2N3O2S2/c1-17-15-23(19-5-9-21(35-3)10-6-19)33-25(17)27(38-28-32-13-14-37-28)26-18(2)16-24(34(26)29(33,30)31)20-7-11-22(36-4)12-8-20/h5-16H,1-4H3. The molecule has 2 aliphatic heterocycles. The number of halogens is 2. The van der Waals surface area contributed by atoms with Crippen molar-refractivity contribution in [3.63, 3.8) is 0 Å². The van der Waals surface area contributed by atoms with Crippen molar-refractivity contribution in [2.24, 2.45) is 0 Å². The molecule has 38 heavy (non-hydrogen) atoms. The van der Waals surface area contributed by atoms with E-state index in [1.54, 1.807) is 44.7 Å². The number of thiazole rings is 1. The summed E-state index contributed by atoms with van der Waals surface area (Å²) in [4.78, 5) is 5.22. The molecule has 2 aromatic carbocycles. The number of hydrogen-bond donors (Lipinski definition) is 0. The van der Waals surface area contributed by atoms with Crippen LogP contribution < -0.4 is 9.47 Å². The van der Waals surface area contributed by atoms with Gasteiger partial charge in [0, 0.05) is 40.2 Å². The molecule has 4 aromatic rings. The Morgan fingerprint density at radius 3 is 2.16 bits per heavy atom. The molecule has 4 heterocycles. The van der Waals surface area contributed by atoms with Crippen molar-refractivity contribution < 1.29 is 22.6 Å². The number of hydrogen-bond acceptors (Lipinski definition) is 5. The van der Waals surface area contributed by atoms with Crippen LogP contribution in [0.15, 0.2) is 87.9 Å². The molecule has 2 aromatic heterocycles. The molecular weight excluding hydrogens is 523 g/mol. The van der Waals surface area contributed by atoms with E-state index in [0.29, 0.717) is 45.4 Å². The molecule has 0 N–H and O–H groups in total. The zero-order valence-corrected chi connectivity index (χ0v) is 22.9. The van der Waals surface area contributed by atoms with E-state index in [4.69, 9.17) is 9.47 Å². The van der Waals surface area contributed by atoms with E-state index in [2.05, 4.69) is 4.98 Å². The van der Waals surface area contributed by atoms with Crippen LogP contribution in [0.25, 0.3) is 16.2 Å². The molecule has 5 nitrogen and oxygen atoms in total. The lowest BCUT2D eigenvalue weighted by molar-refractivity contribution is -0.361. The minimum atomic E-state index is -4.25. The van der Waals surface area contributed by atoms with E-state index >= 15 is 8.63 Å². The number of ether oxygens (including phenoxy) is 2. The molecule has 6 rings (SSSR count). The summed E-state index contributed by atoms with van der Waals surface area (Å²) in [6, 6.07) is 16.3. The molecular formula is C28H24BF2N3O2S2. The van der Waals surface area contributed by atoms with Crippen LogP contribution in [-0.4, -0.2) is 40.8 Å². The fourth-order valence-electron chi connectivity index (χ4n) is 5.17. The summed E-state index contributed by atoms with van der Waals surface area (Å²) < 4.78 is 47.8. The lowest BCUT2D eigenvalue weighted by Gasteiger charge is -2.34. The molecule has 0 saturated heterocycles. The molecule has 2 aliphatic rings. The van der Waals surface area contributed by atoms with Gasteiger partial charge in [0.2, 0.25) is 0 Å². The zero-order chi connectivity index (χ0) is 26.6. The van der Waals surface area contributed by atoms with Crippen LogP contribution in [-0.2, 0) is 0 Å². The number of benzene rings is 2. The van der Waals surface area contributed by atoms with E-state index in [1.165, 1.54) is 32.1 Å². The van der Waals surface area contributed by atoms with Gasteiger partial charge in [0.05, 0.1) is 14.2 Å². The maximum Gasteiger partial charge on any atom is 0.737 e. The van der Waals surface area contributed by atoms with Crippen LogP contribution in [0.1, 0.15) is 23.7 Å². The van der Waals surface area contributed by atoms with E-state index in [9.17, 15) is 0 Å². The molecule has 0 radical (unpaired) electrons. The van der Waals surface area contributed by atoms with Crippen LogP contribution >= 0.6 is 23.1 Å². The molecule has 0 atom stereocenters. The van der Waals surface area contributed by atoms with Crippen molar-refractivity contribution in [3.8, 4) is 22.8 Å². The van der Waals surface area contributed by atoms with Crippen molar-refractivity contribution in [3.05, 3.63) is 100 Å². The second kappa shape index (κ2) is 9.29. The first kappa shape index (κ1) is 24.7. The summed E-state index contributed by atoms with van der Waals surface area (Å²) in [6.07, 6.45) is 3.59. The highest BCUT2D eigenvalue weighted by molar-refractivity contribution is 8.09. The summed E-state index contributed by atoms with van der Waals surface area (Å²) in [7, 11) is 3.17. The average Bonchev–Trinajstić information content (AvgIpc) is 3.65. The molecule has 192 valence electrons. The van der Waals surface area contributed by atoms with Gasteiger partial charge in [0.1, 0.15) is 16.4 Å². The maximum absolute atomic E-state index is 17.0. The number of thioether (sulfide) groups is 1. The Morgan fingerprint density at radius 2 is 1.58 bits per heavy atom. The average molecular weight is 547 g/mol. The Morgan fingerprint density at radius 1 is 0.947 bits per heavy atom. The van der Waals surface area contributed by atoms with Crippen molar-refractivity contribution in [2.45, 2.75) is 18.2 Å². The lowest BCUT2D eigenvalue weighted by Crippen LogP contribution is -2.51. The normalized spacial score (nSPS) is 15.9. The number of rotatable bonds is 6. The molecule has 0 unspecified atom stereocenters. The summed E-state index contributed by atoms with van der Waals surface area (Å²) >= 11 is 2.93. The first-order chi connectivity index (χ1) is 18.3. The second-order valence-corrected chi connectivity index (χ2v) is 11.3. The van der Waals surface area contributed by atoms with Crippen molar-refractivity contribution in [1.29, 1.82) is 0 Å². The van der Waals surface area contributed by atoms with Gasteiger partial charge < -0.3 is 27.1 Å². The first-order valence-electron chi connectivity index (χ1n) is 12.0. The molecule has 0 fully saturated rings. The highest BCUT2D eigenvalue weighted by atomic mass is 32.2. The third-order valence-corrected chi connectivity index (χ3v) is 8.85. The van der Waals surface area contributed by atoms with Gasteiger partial charge in [0.25, 0.3) is 0 Å². The second-order valence-electron chi connectivity index (χ2n) is 9.14. The Balaban J connectivity index is 1.64. The van der Waals surface area contributed by atoms with E-state index in [-0.39, 0.29) is 0 Å². The molecule has 0 saturated carbocycles. The molecule has 10 heteroatoms. The minimum absolute atomic E-state index is 0.458. The van der Waals surface area contributed by atoms with Gasteiger partial charge in [-0.05, 0) is 79.6 Å². The summed E-state index contributed by atoms with van der Waals surface area (Å²) in [5.74, 6) is 1.34. The third kappa shape index (κ3) is 3.82. The summed E-state index contributed by atoms with van der Waals surface area (Å²) in [5.41, 5.74) is 4.92. The smallest absolute Gasteiger partial charge is 0.497 e. The predicted molar refractivity (Wildman–Crippen MR) is 151 cm³/mol. The monoisotopic (exact) mass is 547 g/mol. The van der Waals surface area contributed by atoms with Gasteiger partial charge in [-0.25, -0.2) is 4.98 Å². The fourth-order valence-corrected chi connectivity index (χ4v) is 7.14. The fraction of sp³-hybridized carbons (Fsp3) is 0.143. The van der Waals surface area contributed by atoms with Crippen molar-refractivity contribution >= 4 is 40.7 Å². The number of allylic oxidation sites excluding steroid dienone is 2.